The summed E-state index contributed by atoms with van der Waals surface area (Å²) in [6.45, 7) is 2.23. The van der Waals surface area contributed by atoms with E-state index in [1.165, 1.54) is 6.42 Å². The van der Waals surface area contributed by atoms with Crippen molar-refractivity contribution in [2.24, 2.45) is 0 Å². The lowest BCUT2D eigenvalue weighted by Gasteiger charge is -2.25. The van der Waals surface area contributed by atoms with Crippen molar-refractivity contribution in [2.45, 2.75) is 12.5 Å². The summed E-state index contributed by atoms with van der Waals surface area (Å²) in [5.41, 5.74) is 0. The van der Waals surface area contributed by atoms with Gasteiger partial charge in [-0.05, 0) is 37.7 Å². The summed E-state index contributed by atoms with van der Waals surface area (Å²) in [6, 6.07) is 2.42. The van der Waals surface area contributed by atoms with Crippen LogP contribution in [0.5, 0.6) is 0 Å². The molecule has 1 aromatic rings. The summed E-state index contributed by atoms with van der Waals surface area (Å²) < 4.78 is 0. The van der Waals surface area contributed by atoms with E-state index in [1.807, 2.05) is 6.07 Å². The molecule has 15 heavy (non-hydrogen) atoms. The molecule has 4 nitrogen and oxygen atoms in total. The van der Waals surface area contributed by atoms with Crippen LogP contribution in [0.3, 0.4) is 0 Å². The molecule has 2 heterocycles. The van der Waals surface area contributed by atoms with Crippen molar-refractivity contribution in [2.75, 3.05) is 32.1 Å². The van der Waals surface area contributed by atoms with Gasteiger partial charge in [-0.25, -0.2) is 9.97 Å². The quantitative estimate of drug-likeness (QED) is 0.711. The third-order valence-corrected chi connectivity index (χ3v) is 3.07. The van der Waals surface area contributed by atoms with E-state index in [0.29, 0.717) is 11.3 Å². The van der Waals surface area contributed by atoms with Crippen LogP contribution in [-0.4, -0.2) is 48.1 Å². The highest BCUT2D eigenvalue weighted by molar-refractivity contribution is 6.28. The van der Waals surface area contributed by atoms with Gasteiger partial charge in [-0.1, -0.05) is 0 Å². The molecule has 0 saturated carbocycles. The van der Waals surface area contributed by atoms with E-state index in [0.717, 1.165) is 18.9 Å². The van der Waals surface area contributed by atoms with Gasteiger partial charge in [0.1, 0.15) is 5.82 Å². The number of halogens is 1. The zero-order valence-corrected chi connectivity index (χ0v) is 9.78. The molecule has 0 spiro atoms. The van der Waals surface area contributed by atoms with Crippen LogP contribution in [-0.2, 0) is 0 Å². The minimum Gasteiger partial charge on any atom is -0.355 e. The number of likely N-dealkylation sites (N-methyl/N-ethyl adjacent to an activating group) is 2. The topological polar surface area (TPSA) is 32.3 Å². The van der Waals surface area contributed by atoms with Gasteiger partial charge in [0.2, 0.25) is 5.28 Å². The Kier molecular flexibility index (Phi) is 3.07. The van der Waals surface area contributed by atoms with Gasteiger partial charge in [-0.2, -0.15) is 0 Å². The Morgan fingerprint density at radius 2 is 2.40 bits per heavy atom. The molecule has 1 aliphatic heterocycles. The van der Waals surface area contributed by atoms with E-state index in [4.69, 9.17) is 11.6 Å². The van der Waals surface area contributed by atoms with Crippen molar-refractivity contribution >= 4 is 17.4 Å². The maximum absolute atomic E-state index is 5.76. The molecule has 0 aliphatic carbocycles. The van der Waals surface area contributed by atoms with Crippen LogP contribution in [0.2, 0.25) is 5.28 Å². The van der Waals surface area contributed by atoms with Gasteiger partial charge >= 0.3 is 0 Å². The number of nitrogens with zero attached hydrogens (tertiary/aromatic N) is 4. The molecular weight excluding hydrogens is 212 g/mol. The number of hydrogen-bond acceptors (Lipinski definition) is 4. The predicted octanol–water partition coefficient (Wildman–Crippen LogP) is 1.27. The second-order valence-corrected chi connectivity index (χ2v) is 4.34. The van der Waals surface area contributed by atoms with E-state index in [2.05, 4.69) is 33.9 Å². The van der Waals surface area contributed by atoms with Crippen LogP contribution in [0.4, 0.5) is 5.82 Å². The second kappa shape index (κ2) is 4.33. The van der Waals surface area contributed by atoms with Gasteiger partial charge in [0.25, 0.3) is 0 Å². The number of anilines is 1. The van der Waals surface area contributed by atoms with Gasteiger partial charge in [0.05, 0.1) is 0 Å². The lowest BCUT2D eigenvalue weighted by molar-refractivity contribution is 0.409. The molecule has 2 rings (SSSR count). The van der Waals surface area contributed by atoms with Crippen LogP contribution >= 0.6 is 11.6 Å². The first-order chi connectivity index (χ1) is 7.16. The molecule has 5 heteroatoms. The molecule has 0 N–H and O–H groups in total. The van der Waals surface area contributed by atoms with Gasteiger partial charge in [-0.3, -0.25) is 0 Å². The maximum atomic E-state index is 5.76. The van der Waals surface area contributed by atoms with Crippen LogP contribution in [0, 0.1) is 0 Å². The zero-order valence-electron chi connectivity index (χ0n) is 9.02. The first kappa shape index (κ1) is 10.6. The van der Waals surface area contributed by atoms with Gasteiger partial charge in [0, 0.05) is 25.8 Å². The number of rotatable bonds is 2. The van der Waals surface area contributed by atoms with Gasteiger partial charge < -0.3 is 9.80 Å². The van der Waals surface area contributed by atoms with Crippen LogP contribution < -0.4 is 4.90 Å². The molecular formula is C10H15ClN4. The van der Waals surface area contributed by atoms with Crippen LogP contribution in [0.25, 0.3) is 0 Å². The van der Waals surface area contributed by atoms with Gasteiger partial charge in [-0.15, -0.1) is 0 Å². The minimum absolute atomic E-state index is 0.311. The Morgan fingerprint density at radius 1 is 1.60 bits per heavy atom. The fourth-order valence-corrected chi connectivity index (χ4v) is 2.08. The van der Waals surface area contributed by atoms with E-state index < -0.39 is 0 Å². The summed E-state index contributed by atoms with van der Waals surface area (Å²) in [7, 11) is 4.20. The molecule has 1 atom stereocenters. The third kappa shape index (κ3) is 2.38. The molecule has 82 valence electrons. The zero-order chi connectivity index (χ0) is 10.8. The van der Waals surface area contributed by atoms with Crippen LogP contribution in [0.15, 0.2) is 12.3 Å². The smallest absolute Gasteiger partial charge is 0.224 e. The Labute approximate surface area is 94.9 Å². The standard InChI is InChI=1S/C10H15ClN4/c1-14-6-4-8(7-14)15(2)9-3-5-12-10(11)13-9/h3,5,8H,4,6-7H2,1-2H3. The Bertz CT molecular complexity index is 344. The average molecular weight is 227 g/mol. The number of aromatic nitrogens is 2. The second-order valence-electron chi connectivity index (χ2n) is 4.00. The highest BCUT2D eigenvalue weighted by Gasteiger charge is 2.24. The summed E-state index contributed by atoms with van der Waals surface area (Å²) in [5, 5.41) is 0.311. The molecule has 0 radical (unpaired) electrons. The van der Waals surface area contributed by atoms with Gasteiger partial charge in [0.15, 0.2) is 0 Å². The Balaban J connectivity index is 2.10. The lowest BCUT2D eigenvalue weighted by Crippen LogP contribution is -2.34. The number of likely N-dealkylation sites (tertiary alicyclic amines) is 1. The predicted molar refractivity (Wildman–Crippen MR) is 61.3 cm³/mol. The molecule has 0 amide bonds. The first-order valence-electron chi connectivity index (χ1n) is 5.07. The van der Waals surface area contributed by atoms with Crippen molar-refractivity contribution in [3.63, 3.8) is 0 Å². The normalized spacial score (nSPS) is 21.9. The lowest BCUT2D eigenvalue weighted by atomic mass is 10.2. The fraction of sp³-hybridized carbons (Fsp3) is 0.600. The van der Waals surface area contributed by atoms with Crippen molar-refractivity contribution in [1.29, 1.82) is 0 Å². The van der Waals surface area contributed by atoms with Crippen molar-refractivity contribution in [3.8, 4) is 0 Å². The number of hydrogen-bond donors (Lipinski definition) is 0. The fourth-order valence-electron chi connectivity index (χ4n) is 1.94. The summed E-state index contributed by atoms with van der Waals surface area (Å²) in [6.07, 6.45) is 2.87. The van der Waals surface area contributed by atoms with Crippen molar-refractivity contribution in [3.05, 3.63) is 17.5 Å². The first-order valence-corrected chi connectivity index (χ1v) is 5.44. The van der Waals surface area contributed by atoms with Crippen LogP contribution in [0.1, 0.15) is 6.42 Å². The van der Waals surface area contributed by atoms with E-state index in [9.17, 15) is 0 Å². The highest BCUT2D eigenvalue weighted by Crippen LogP contribution is 2.19. The van der Waals surface area contributed by atoms with E-state index in [-0.39, 0.29) is 0 Å². The SMILES string of the molecule is CN1CCC(N(C)c2ccnc(Cl)n2)C1. The summed E-state index contributed by atoms with van der Waals surface area (Å²) in [4.78, 5) is 12.6. The highest BCUT2D eigenvalue weighted by atomic mass is 35.5. The molecule has 1 unspecified atom stereocenters. The van der Waals surface area contributed by atoms with Crippen molar-refractivity contribution in [1.82, 2.24) is 14.9 Å². The molecule has 0 bridgehead atoms. The summed E-state index contributed by atoms with van der Waals surface area (Å²) >= 11 is 5.76. The minimum atomic E-state index is 0.311. The monoisotopic (exact) mass is 226 g/mol. The maximum Gasteiger partial charge on any atom is 0.224 e. The molecule has 1 saturated heterocycles. The largest absolute Gasteiger partial charge is 0.355 e. The Morgan fingerprint density at radius 3 is 3.00 bits per heavy atom. The van der Waals surface area contributed by atoms with E-state index in [1.54, 1.807) is 6.20 Å². The molecule has 1 fully saturated rings. The Hall–Kier alpha value is -0.870. The molecule has 1 aromatic heterocycles. The van der Waals surface area contributed by atoms with E-state index >= 15 is 0 Å². The van der Waals surface area contributed by atoms with Crippen molar-refractivity contribution < 1.29 is 0 Å². The third-order valence-electron chi connectivity index (χ3n) is 2.89. The summed E-state index contributed by atoms with van der Waals surface area (Å²) in [5.74, 6) is 0.898. The molecule has 0 aromatic carbocycles. The molecule has 1 aliphatic rings. The average Bonchev–Trinajstić information content (AvgIpc) is 2.64.